The summed E-state index contributed by atoms with van der Waals surface area (Å²) in [7, 11) is 0. The van der Waals surface area contributed by atoms with Crippen LogP contribution in [0.25, 0.3) is 11.1 Å². The number of ether oxygens (including phenoxy) is 4. The van der Waals surface area contributed by atoms with Crippen molar-refractivity contribution in [3.8, 4) is 16.9 Å². The molecule has 0 amide bonds. The minimum Gasteiger partial charge on any atom is -0.465 e. The molecule has 1 fully saturated rings. The van der Waals surface area contributed by atoms with E-state index in [0.717, 1.165) is 81.0 Å². The van der Waals surface area contributed by atoms with E-state index in [1.165, 1.54) is 19.3 Å². The van der Waals surface area contributed by atoms with Crippen molar-refractivity contribution in [2.45, 2.75) is 71.0 Å². The van der Waals surface area contributed by atoms with Crippen molar-refractivity contribution in [2.24, 2.45) is 0 Å². The molecule has 1 aromatic heterocycles. The quantitative estimate of drug-likeness (QED) is 0.335. The van der Waals surface area contributed by atoms with Crippen molar-refractivity contribution in [3.63, 3.8) is 0 Å². The highest BCUT2D eigenvalue weighted by Gasteiger charge is 2.15. The first-order valence-electron chi connectivity index (χ1n) is 12.2. The van der Waals surface area contributed by atoms with Crippen LogP contribution in [0.2, 0.25) is 0 Å². The first kappa shape index (κ1) is 24.6. The molecule has 1 unspecified atom stereocenters. The molecule has 1 aromatic carbocycles. The summed E-state index contributed by atoms with van der Waals surface area (Å²) in [5, 5.41) is 0. The molecular formula is C26H38N2O4. The molecule has 1 aliphatic rings. The largest absolute Gasteiger partial charge is 0.465 e. The van der Waals surface area contributed by atoms with Crippen LogP contribution in [0.15, 0.2) is 36.7 Å². The summed E-state index contributed by atoms with van der Waals surface area (Å²) in [4.78, 5) is 9.12. The van der Waals surface area contributed by atoms with Gasteiger partial charge in [0.05, 0.1) is 19.8 Å². The van der Waals surface area contributed by atoms with Crippen molar-refractivity contribution in [2.75, 3.05) is 33.0 Å². The van der Waals surface area contributed by atoms with Crippen molar-refractivity contribution in [1.29, 1.82) is 0 Å². The van der Waals surface area contributed by atoms with Gasteiger partial charge in [-0.3, -0.25) is 0 Å². The molecule has 0 aliphatic carbocycles. The van der Waals surface area contributed by atoms with Gasteiger partial charge in [0.2, 0.25) is 0 Å². The molecule has 0 radical (unpaired) electrons. The van der Waals surface area contributed by atoms with E-state index in [9.17, 15) is 0 Å². The summed E-state index contributed by atoms with van der Waals surface area (Å²) < 4.78 is 22.3. The highest BCUT2D eigenvalue weighted by molar-refractivity contribution is 5.62. The lowest BCUT2D eigenvalue weighted by Gasteiger charge is -2.23. The SMILES string of the molecule is CCOCCOCCCCCCCc1ncc(-c2ccc(OC3CCCCO3)cc2)cn1. The minimum absolute atomic E-state index is 0.115. The van der Waals surface area contributed by atoms with Gasteiger partial charge in [0.1, 0.15) is 11.6 Å². The van der Waals surface area contributed by atoms with E-state index in [2.05, 4.69) is 22.1 Å². The van der Waals surface area contributed by atoms with Gasteiger partial charge in [-0.05, 0) is 50.3 Å². The van der Waals surface area contributed by atoms with Crippen LogP contribution in [0.3, 0.4) is 0 Å². The maximum Gasteiger partial charge on any atom is 0.199 e. The Morgan fingerprint density at radius 1 is 0.844 bits per heavy atom. The molecule has 2 heterocycles. The van der Waals surface area contributed by atoms with Gasteiger partial charge >= 0.3 is 0 Å². The molecule has 176 valence electrons. The van der Waals surface area contributed by atoms with Crippen molar-refractivity contribution < 1.29 is 18.9 Å². The summed E-state index contributed by atoms with van der Waals surface area (Å²) in [5.74, 6) is 1.76. The summed E-state index contributed by atoms with van der Waals surface area (Å²) in [6.45, 7) is 5.78. The Balaban J connectivity index is 1.29. The van der Waals surface area contributed by atoms with Crippen molar-refractivity contribution in [1.82, 2.24) is 9.97 Å². The summed E-state index contributed by atoms with van der Waals surface area (Å²) in [6.07, 6.45) is 13.8. The van der Waals surface area contributed by atoms with Gasteiger partial charge < -0.3 is 18.9 Å². The molecule has 6 heteroatoms. The zero-order valence-corrected chi connectivity index (χ0v) is 19.5. The van der Waals surface area contributed by atoms with Crippen LogP contribution in [-0.2, 0) is 20.6 Å². The third-order valence-corrected chi connectivity index (χ3v) is 5.56. The molecule has 1 aliphatic heterocycles. The third-order valence-electron chi connectivity index (χ3n) is 5.56. The number of aromatic nitrogens is 2. The van der Waals surface area contributed by atoms with Gasteiger partial charge in [-0.25, -0.2) is 9.97 Å². The molecule has 6 nitrogen and oxygen atoms in total. The van der Waals surface area contributed by atoms with Crippen LogP contribution >= 0.6 is 0 Å². The first-order valence-corrected chi connectivity index (χ1v) is 12.2. The Hall–Kier alpha value is -2.02. The highest BCUT2D eigenvalue weighted by Crippen LogP contribution is 2.24. The second-order valence-corrected chi connectivity index (χ2v) is 8.15. The standard InChI is InChI=1S/C26H38N2O4/c1-2-29-18-19-30-16-8-5-3-4-6-10-25-27-20-23(21-28-25)22-12-14-24(15-13-22)32-26-11-7-9-17-31-26/h12-15,20-21,26H,2-11,16-19H2,1H3. The van der Waals surface area contributed by atoms with E-state index in [1.807, 2.05) is 31.5 Å². The summed E-state index contributed by atoms with van der Waals surface area (Å²) in [5.41, 5.74) is 2.12. The summed E-state index contributed by atoms with van der Waals surface area (Å²) >= 11 is 0. The van der Waals surface area contributed by atoms with E-state index in [4.69, 9.17) is 18.9 Å². The van der Waals surface area contributed by atoms with Crippen LogP contribution in [0.5, 0.6) is 5.75 Å². The van der Waals surface area contributed by atoms with Crippen LogP contribution < -0.4 is 4.74 Å². The van der Waals surface area contributed by atoms with Crippen molar-refractivity contribution >= 4 is 0 Å². The zero-order chi connectivity index (χ0) is 22.3. The lowest BCUT2D eigenvalue weighted by atomic mass is 10.1. The second kappa shape index (κ2) is 14.9. The molecule has 2 aromatic rings. The lowest BCUT2D eigenvalue weighted by molar-refractivity contribution is -0.105. The van der Waals surface area contributed by atoms with Crippen LogP contribution in [-0.4, -0.2) is 49.3 Å². The molecule has 1 atom stereocenters. The first-order chi connectivity index (χ1) is 15.8. The van der Waals surface area contributed by atoms with E-state index in [1.54, 1.807) is 0 Å². The molecule has 32 heavy (non-hydrogen) atoms. The Morgan fingerprint density at radius 2 is 1.59 bits per heavy atom. The highest BCUT2D eigenvalue weighted by atomic mass is 16.7. The third kappa shape index (κ3) is 9.23. The van der Waals surface area contributed by atoms with Gasteiger partial charge in [0, 0.05) is 44.0 Å². The topological polar surface area (TPSA) is 62.7 Å². The van der Waals surface area contributed by atoms with Gasteiger partial charge in [0.15, 0.2) is 6.29 Å². The Kier molecular flexibility index (Phi) is 11.5. The van der Waals surface area contributed by atoms with Crippen LogP contribution in [0, 0.1) is 0 Å². The predicted octanol–water partition coefficient (Wildman–Crippen LogP) is 5.60. The summed E-state index contributed by atoms with van der Waals surface area (Å²) in [6, 6.07) is 8.09. The molecule has 0 saturated carbocycles. The smallest absolute Gasteiger partial charge is 0.199 e. The van der Waals surface area contributed by atoms with E-state index in [0.29, 0.717) is 13.2 Å². The van der Waals surface area contributed by atoms with Gasteiger partial charge in [-0.1, -0.05) is 31.4 Å². The number of benzene rings is 1. The number of nitrogens with zero attached hydrogens (tertiary/aromatic N) is 2. The fourth-order valence-electron chi connectivity index (χ4n) is 3.70. The maximum absolute atomic E-state index is 5.91. The normalized spacial score (nSPS) is 16.2. The Bertz CT molecular complexity index is 730. The fraction of sp³-hybridized carbons (Fsp3) is 0.615. The van der Waals surface area contributed by atoms with Crippen LogP contribution in [0.4, 0.5) is 0 Å². The minimum atomic E-state index is -0.115. The van der Waals surface area contributed by atoms with Gasteiger partial charge in [-0.2, -0.15) is 0 Å². The Labute approximate surface area is 192 Å². The number of hydrogen-bond acceptors (Lipinski definition) is 6. The van der Waals surface area contributed by atoms with E-state index in [-0.39, 0.29) is 6.29 Å². The number of rotatable bonds is 15. The zero-order valence-electron chi connectivity index (χ0n) is 19.5. The van der Waals surface area contributed by atoms with Gasteiger partial charge in [0.25, 0.3) is 0 Å². The van der Waals surface area contributed by atoms with Gasteiger partial charge in [-0.15, -0.1) is 0 Å². The van der Waals surface area contributed by atoms with E-state index >= 15 is 0 Å². The van der Waals surface area contributed by atoms with Crippen LogP contribution in [0.1, 0.15) is 64.1 Å². The molecule has 0 spiro atoms. The second-order valence-electron chi connectivity index (χ2n) is 8.15. The predicted molar refractivity (Wildman–Crippen MR) is 126 cm³/mol. The molecule has 0 N–H and O–H groups in total. The molecule has 0 bridgehead atoms. The molecule has 1 saturated heterocycles. The number of unbranched alkanes of at least 4 members (excludes halogenated alkanes) is 4. The van der Waals surface area contributed by atoms with E-state index < -0.39 is 0 Å². The monoisotopic (exact) mass is 442 g/mol. The van der Waals surface area contributed by atoms with Crippen molar-refractivity contribution in [3.05, 3.63) is 42.5 Å². The average Bonchev–Trinajstić information content (AvgIpc) is 2.84. The fourth-order valence-corrected chi connectivity index (χ4v) is 3.70. The number of hydrogen-bond donors (Lipinski definition) is 0. The maximum atomic E-state index is 5.91. The lowest BCUT2D eigenvalue weighted by Crippen LogP contribution is -2.24. The molecular weight excluding hydrogens is 404 g/mol. The Morgan fingerprint density at radius 3 is 2.34 bits per heavy atom. The molecule has 3 rings (SSSR count). The number of aryl methyl sites for hydroxylation is 1. The average molecular weight is 443 g/mol.